The molecule has 82 valence electrons. The monoisotopic (exact) mass is 247 g/mol. The molecule has 15 heavy (non-hydrogen) atoms. The van der Waals surface area contributed by atoms with Gasteiger partial charge in [-0.15, -0.1) is 0 Å². The number of hydrogen-bond donors (Lipinski definition) is 1. The molecule has 4 nitrogen and oxygen atoms in total. The number of nitrogens with one attached hydrogen (secondary N) is 1. The SMILES string of the molecule is CC(=O)Nc1ccc(S(=O)(=O)Cl)cc1C. The fourth-order valence-electron chi connectivity index (χ4n) is 1.12. The van der Waals surface area contributed by atoms with Crippen LogP contribution in [0, 0.1) is 6.92 Å². The van der Waals surface area contributed by atoms with Crippen molar-refractivity contribution < 1.29 is 13.2 Å². The molecule has 1 aromatic rings. The quantitative estimate of drug-likeness (QED) is 0.812. The van der Waals surface area contributed by atoms with Gasteiger partial charge in [-0.1, -0.05) is 0 Å². The van der Waals surface area contributed by atoms with E-state index >= 15 is 0 Å². The number of carbonyl (C=O) groups is 1. The van der Waals surface area contributed by atoms with E-state index in [1.807, 2.05) is 0 Å². The summed E-state index contributed by atoms with van der Waals surface area (Å²) < 4.78 is 22.0. The molecule has 0 unspecified atom stereocenters. The van der Waals surface area contributed by atoms with E-state index < -0.39 is 9.05 Å². The average Bonchev–Trinajstić information content (AvgIpc) is 2.05. The lowest BCUT2D eigenvalue weighted by atomic mass is 10.2. The Morgan fingerprint density at radius 2 is 2.00 bits per heavy atom. The molecule has 6 heteroatoms. The van der Waals surface area contributed by atoms with Gasteiger partial charge >= 0.3 is 0 Å². The first-order valence-electron chi connectivity index (χ1n) is 4.13. The molecule has 0 aliphatic rings. The number of halogens is 1. The minimum atomic E-state index is -3.71. The normalized spacial score (nSPS) is 11.1. The van der Waals surface area contributed by atoms with Crippen molar-refractivity contribution in [1.82, 2.24) is 0 Å². The lowest BCUT2D eigenvalue weighted by Crippen LogP contribution is -2.07. The molecule has 0 fully saturated rings. The average molecular weight is 248 g/mol. The Balaban J connectivity index is 3.15. The summed E-state index contributed by atoms with van der Waals surface area (Å²) >= 11 is 0. The Labute approximate surface area is 92.7 Å². The van der Waals surface area contributed by atoms with Gasteiger partial charge in [0.1, 0.15) is 0 Å². The molecule has 0 saturated carbocycles. The second-order valence-electron chi connectivity index (χ2n) is 3.10. The van der Waals surface area contributed by atoms with Crippen LogP contribution in [0.2, 0.25) is 0 Å². The van der Waals surface area contributed by atoms with Crippen LogP contribution in [0.3, 0.4) is 0 Å². The zero-order valence-corrected chi connectivity index (χ0v) is 9.82. The van der Waals surface area contributed by atoms with Gasteiger partial charge in [0.05, 0.1) is 4.90 Å². The van der Waals surface area contributed by atoms with E-state index in [0.29, 0.717) is 11.3 Å². The van der Waals surface area contributed by atoms with Gasteiger partial charge in [-0.3, -0.25) is 4.79 Å². The van der Waals surface area contributed by atoms with Crippen LogP contribution >= 0.6 is 10.7 Å². The molecule has 0 atom stereocenters. The summed E-state index contributed by atoms with van der Waals surface area (Å²) in [5.74, 6) is -0.209. The fourth-order valence-corrected chi connectivity index (χ4v) is 1.95. The van der Waals surface area contributed by atoms with Gasteiger partial charge in [-0.05, 0) is 30.7 Å². The first-order chi connectivity index (χ1) is 6.80. The lowest BCUT2D eigenvalue weighted by molar-refractivity contribution is -0.114. The molecule has 1 aromatic carbocycles. The number of aryl methyl sites for hydroxylation is 1. The molecular formula is C9H10ClNO3S. The summed E-state index contributed by atoms with van der Waals surface area (Å²) in [4.78, 5) is 10.8. The predicted octanol–water partition coefficient (Wildman–Crippen LogP) is 1.88. The molecule has 1 amide bonds. The first kappa shape index (κ1) is 12.0. The Morgan fingerprint density at radius 1 is 1.40 bits per heavy atom. The van der Waals surface area contributed by atoms with Crippen molar-refractivity contribution in [2.24, 2.45) is 0 Å². The van der Waals surface area contributed by atoms with Gasteiger partial charge < -0.3 is 5.32 Å². The minimum absolute atomic E-state index is 0.0239. The molecular weight excluding hydrogens is 238 g/mol. The van der Waals surface area contributed by atoms with Crippen LogP contribution in [0.4, 0.5) is 5.69 Å². The van der Waals surface area contributed by atoms with Crippen molar-refractivity contribution in [1.29, 1.82) is 0 Å². The van der Waals surface area contributed by atoms with Crippen molar-refractivity contribution in [2.45, 2.75) is 18.7 Å². The molecule has 0 radical (unpaired) electrons. The Bertz CT molecular complexity index is 496. The van der Waals surface area contributed by atoms with E-state index in [1.54, 1.807) is 6.92 Å². The summed E-state index contributed by atoms with van der Waals surface area (Å²) in [5, 5.41) is 2.57. The molecule has 0 saturated heterocycles. The third kappa shape index (κ3) is 3.21. The van der Waals surface area contributed by atoms with Crippen LogP contribution in [-0.2, 0) is 13.8 Å². The maximum absolute atomic E-state index is 11.0. The smallest absolute Gasteiger partial charge is 0.261 e. The molecule has 1 N–H and O–H groups in total. The maximum atomic E-state index is 11.0. The van der Waals surface area contributed by atoms with Crippen molar-refractivity contribution in [2.75, 3.05) is 5.32 Å². The highest BCUT2D eigenvalue weighted by atomic mass is 35.7. The number of carbonyl (C=O) groups excluding carboxylic acids is 1. The standard InChI is InChI=1S/C9H10ClNO3S/c1-6-5-8(15(10,13)14)3-4-9(6)11-7(2)12/h3-5H,1-2H3,(H,11,12). The highest BCUT2D eigenvalue weighted by Gasteiger charge is 2.11. The van der Waals surface area contributed by atoms with E-state index in [2.05, 4.69) is 5.32 Å². The van der Waals surface area contributed by atoms with Crippen LogP contribution in [-0.4, -0.2) is 14.3 Å². The molecule has 0 aliphatic carbocycles. The van der Waals surface area contributed by atoms with Crippen LogP contribution in [0.25, 0.3) is 0 Å². The lowest BCUT2D eigenvalue weighted by Gasteiger charge is -2.06. The fraction of sp³-hybridized carbons (Fsp3) is 0.222. The van der Waals surface area contributed by atoms with Gasteiger partial charge in [0, 0.05) is 23.3 Å². The number of hydrogen-bond acceptors (Lipinski definition) is 3. The molecule has 0 bridgehead atoms. The number of anilines is 1. The zero-order chi connectivity index (χ0) is 11.6. The topological polar surface area (TPSA) is 63.2 Å². The number of benzene rings is 1. The second-order valence-corrected chi connectivity index (χ2v) is 5.66. The molecule has 0 aromatic heterocycles. The summed E-state index contributed by atoms with van der Waals surface area (Å²) in [5.41, 5.74) is 1.22. The highest BCUT2D eigenvalue weighted by molar-refractivity contribution is 8.13. The third-order valence-electron chi connectivity index (χ3n) is 1.79. The summed E-state index contributed by atoms with van der Waals surface area (Å²) in [7, 11) is 1.46. The van der Waals surface area contributed by atoms with Crippen molar-refractivity contribution >= 4 is 31.3 Å². The maximum Gasteiger partial charge on any atom is 0.261 e. The van der Waals surface area contributed by atoms with Crippen LogP contribution in [0.5, 0.6) is 0 Å². The van der Waals surface area contributed by atoms with Crippen molar-refractivity contribution in [3.63, 3.8) is 0 Å². The van der Waals surface area contributed by atoms with E-state index in [4.69, 9.17) is 10.7 Å². The van der Waals surface area contributed by atoms with Crippen molar-refractivity contribution in [3.8, 4) is 0 Å². The van der Waals surface area contributed by atoms with E-state index in [-0.39, 0.29) is 10.8 Å². The Kier molecular flexibility index (Phi) is 3.36. The van der Waals surface area contributed by atoms with E-state index in [9.17, 15) is 13.2 Å². The number of rotatable bonds is 2. The third-order valence-corrected chi connectivity index (χ3v) is 3.14. The molecule has 0 spiro atoms. The largest absolute Gasteiger partial charge is 0.326 e. The second kappa shape index (κ2) is 4.20. The van der Waals surface area contributed by atoms with Gasteiger partial charge in [0.2, 0.25) is 5.91 Å². The Morgan fingerprint density at radius 3 is 2.40 bits per heavy atom. The molecule has 1 rings (SSSR count). The predicted molar refractivity (Wildman–Crippen MR) is 58.5 cm³/mol. The van der Waals surface area contributed by atoms with Gasteiger partial charge in [-0.2, -0.15) is 0 Å². The van der Waals surface area contributed by atoms with E-state index in [0.717, 1.165) is 0 Å². The Hall–Kier alpha value is -1.07. The van der Waals surface area contributed by atoms with Crippen LogP contribution < -0.4 is 5.32 Å². The minimum Gasteiger partial charge on any atom is -0.326 e. The summed E-state index contributed by atoms with van der Waals surface area (Å²) in [6, 6.07) is 4.26. The molecule has 0 heterocycles. The van der Waals surface area contributed by atoms with Gasteiger partial charge in [0.15, 0.2) is 0 Å². The summed E-state index contributed by atoms with van der Waals surface area (Å²) in [6.07, 6.45) is 0. The first-order valence-corrected chi connectivity index (χ1v) is 6.44. The van der Waals surface area contributed by atoms with Crippen molar-refractivity contribution in [3.05, 3.63) is 23.8 Å². The van der Waals surface area contributed by atoms with Crippen LogP contribution in [0.15, 0.2) is 23.1 Å². The van der Waals surface area contributed by atoms with Crippen LogP contribution in [0.1, 0.15) is 12.5 Å². The highest BCUT2D eigenvalue weighted by Crippen LogP contribution is 2.21. The zero-order valence-electron chi connectivity index (χ0n) is 8.24. The van der Waals surface area contributed by atoms with Gasteiger partial charge in [0.25, 0.3) is 9.05 Å². The van der Waals surface area contributed by atoms with Gasteiger partial charge in [-0.25, -0.2) is 8.42 Å². The van der Waals surface area contributed by atoms with E-state index in [1.165, 1.54) is 25.1 Å². The molecule has 0 aliphatic heterocycles. The number of amides is 1. The summed E-state index contributed by atoms with van der Waals surface area (Å²) in [6.45, 7) is 3.07.